The maximum atomic E-state index is 11.7. The summed E-state index contributed by atoms with van der Waals surface area (Å²) in [6.45, 7) is 6.56. The molecule has 0 aromatic heterocycles. The normalized spacial score (nSPS) is 20.8. The lowest BCUT2D eigenvalue weighted by Crippen LogP contribution is -2.10. The van der Waals surface area contributed by atoms with Crippen LogP contribution in [0.25, 0.3) is 0 Å². The molecule has 0 saturated heterocycles. The second-order valence-corrected chi connectivity index (χ2v) is 5.94. The van der Waals surface area contributed by atoms with Gasteiger partial charge in [0.1, 0.15) is 5.78 Å². The number of benzene rings is 1. The summed E-state index contributed by atoms with van der Waals surface area (Å²) in [6.07, 6.45) is 6.23. The summed E-state index contributed by atoms with van der Waals surface area (Å²) in [6, 6.07) is 4.53. The van der Waals surface area contributed by atoms with E-state index < -0.39 is 0 Å². The summed E-state index contributed by atoms with van der Waals surface area (Å²) >= 11 is 0. The molecule has 1 fully saturated rings. The van der Waals surface area contributed by atoms with Gasteiger partial charge >= 0.3 is 0 Å². The van der Waals surface area contributed by atoms with Crippen LogP contribution in [0.15, 0.2) is 12.1 Å². The highest BCUT2D eigenvalue weighted by Crippen LogP contribution is 2.27. The molecule has 0 amide bonds. The summed E-state index contributed by atoms with van der Waals surface area (Å²) in [7, 11) is 0. The van der Waals surface area contributed by atoms with Gasteiger partial charge in [0.2, 0.25) is 0 Å². The first-order valence-corrected chi connectivity index (χ1v) is 7.14. The Morgan fingerprint density at radius 3 is 2.44 bits per heavy atom. The van der Waals surface area contributed by atoms with Crippen LogP contribution < -0.4 is 0 Å². The fourth-order valence-corrected chi connectivity index (χ4v) is 3.28. The van der Waals surface area contributed by atoms with Crippen molar-refractivity contribution in [2.45, 2.75) is 59.3 Å². The van der Waals surface area contributed by atoms with Crippen molar-refractivity contribution in [2.24, 2.45) is 5.92 Å². The van der Waals surface area contributed by atoms with Crippen molar-refractivity contribution >= 4 is 5.78 Å². The zero-order valence-electron chi connectivity index (χ0n) is 11.9. The van der Waals surface area contributed by atoms with Crippen LogP contribution >= 0.6 is 0 Å². The molecular formula is C17H24O. The molecule has 1 aromatic carbocycles. The van der Waals surface area contributed by atoms with E-state index in [9.17, 15) is 4.79 Å². The molecule has 1 atom stereocenters. The van der Waals surface area contributed by atoms with E-state index >= 15 is 0 Å². The number of carbonyl (C=O) groups excluding carboxylic acids is 1. The smallest absolute Gasteiger partial charge is 0.133 e. The Morgan fingerprint density at radius 1 is 1.11 bits per heavy atom. The summed E-state index contributed by atoms with van der Waals surface area (Å²) in [4.78, 5) is 11.7. The standard InChI is InChI=1S/C17H24O/c1-12-8-13(2)17(14(3)9-12)11-15-6-4-5-7-16(18)10-15/h8-9,15H,4-7,10-11H2,1-3H3. The van der Waals surface area contributed by atoms with E-state index in [-0.39, 0.29) is 0 Å². The highest BCUT2D eigenvalue weighted by atomic mass is 16.1. The van der Waals surface area contributed by atoms with Gasteiger partial charge in [-0.1, -0.05) is 24.1 Å². The van der Waals surface area contributed by atoms with Crippen molar-refractivity contribution in [2.75, 3.05) is 0 Å². The van der Waals surface area contributed by atoms with Crippen LogP contribution in [0.4, 0.5) is 0 Å². The van der Waals surface area contributed by atoms with Crippen LogP contribution in [-0.2, 0) is 11.2 Å². The first-order chi connectivity index (χ1) is 8.56. The Kier molecular flexibility index (Phi) is 4.21. The van der Waals surface area contributed by atoms with E-state index in [2.05, 4.69) is 32.9 Å². The Morgan fingerprint density at radius 2 is 1.78 bits per heavy atom. The molecule has 1 aliphatic carbocycles. The zero-order valence-corrected chi connectivity index (χ0v) is 11.9. The van der Waals surface area contributed by atoms with Crippen LogP contribution in [0.1, 0.15) is 54.4 Å². The summed E-state index contributed by atoms with van der Waals surface area (Å²) in [5.41, 5.74) is 5.60. The highest BCUT2D eigenvalue weighted by molar-refractivity contribution is 5.78. The number of aryl methyl sites for hydroxylation is 3. The van der Waals surface area contributed by atoms with Gasteiger partial charge in [-0.05, 0) is 62.6 Å². The molecular weight excluding hydrogens is 220 g/mol. The molecule has 0 radical (unpaired) electrons. The minimum atomic E-state index is 0.472. The number of hydrogen-bond donors (Lipinski definition) is 0. The Bertz CT molecular complexity index is 422. The third-order valence-electron chi connectivity index (χ3n) is 4.17. The lowest BCUT2D eigenvalue weighted by atomic mass is 9.87. The molecule has 0 aliphatic heterocycles. The van der Waals surface area contributed by atoms with Crippen LogP contribution in [0.5, 0.6) is 0 Å². The lowest BCUT2D eigenvalue weighted by molar-refractivity contribution is -0.119. The molecule has 1 heteroatoms. The molecule has 0 heterocycles. The van der Waals surface area contributed by atoms with E-state index in [4.69, 9.17) is 0 Å². The third-order valence-corrected chi connectivity index (χ3v) is 4.17. The fourth-order valence-electron chi connectivity index (χ4n) is 3.28. The van der Waals surface area contributed by atoms with E-state index in [1.54, 1.807) is 0 Å². The Hall–Kier alpha value is -1.11. The third kappa shape index (κ3) is 3.22. The lowest BCUT2D eigenvalue weighted by Gasteiger charge is -2.17. The van der Waals surface area contributed by atoms with Gasteiger partial charge < -0.3 is 0 Å². The predicted molar refractivity (Wildman–Crippen MR) is 75.9 cm³/mol. The van der Waals surface area contributed by atoms with E-state index in [0.29, 0.717) is 11.7 Å². The molecule has 0 N–H and O–H groups in total. The fraction of sp³-hybridized carbons (Fsp3) is 0.588. The SMILES string of the molecule is Cc1cc(C)c(CC2CCCCC(=O)C2)c(C)c1. The second-order valence-electron chi connectivity index (χ2n) is 5.94. The number of ketones is 1. The van der Waals surface area contributed by atoms with Crippen molar-refractivity contribution in [1.82, 2.24) is 0 Å². The Balaban J connectivity index is 2.15. The number of carbonyl (C=O) groups is 1. The van der Waals surface area contributed by atoms with Gasteiger partial charge in [0.25, 0.3) is 0 Å². The van der Waals surface area contributed by atoms with Crippen molar-refractivity contribution < 1.29 is 4.79 Å². The minimum absolute atomic E-state index is 0.472. The van der Waals surface area contributed by atoms with Crippen molar-refractivity contribution in [1.29, 1.82) is 0 Å². The number of rotatable bonds is 2. The zero-order chi connectivity index (χ0) is 13.1. The first kappa shape index (κ1) is 13.3. The van der Waals surface area contributed by atoms with E-state index in [1.165, 1.54) is 35.1 Å². The topological polar surface area (TPSA) is 17.1 Å². The van der Waals surface area contributed by atoms with Gasteiger partial charge in [0, 0.05) is 12.8 Å². The van der Waals surface area contributed by atoms with Crippen LogP contribution in [0, 0.1) is 26.7 Å². The second kappa shape index (κ2) is 5.69. The van der Waals surface area contributed by atoms with Crippen LogP contribution in [-0.4, -0.2) is 5.78 Å². The van der Waals surface area contributed by atoms with Crippen LogP contribution in [0.3, 0.4) is 0 Å². The molecule has 1 nitrogen and oxygen atoms in total. The minimum Gasteiger partial charge on any atom is -0.300 e. The average molecular weight is 244 g/mol. The molecule has 0 bridgehead atoms. The first-order valence-electron chi connectivity index (χ1n) is 7.14. The predicted octanol–water partition coefficient (Wildman–Crippen LogP) is 4.30. The van der Waals surface area contributed by atoms with Crippen molar-refractivity contribution in [3.8, 4) is 0 Å². The summed E-state index contributed by atoms with van der Waals surface area (Å²) in [5.74, 6) is 1.04. The quantitative estimate of drug-likeness (QED) is 0.709. The highest BCUT2D eigenvalue weighted by Gasteiger charge is 2.19. The molecule has 1 aliphatic rings. The molecule has 18 heavy (non-hydrogen) atoms. The average Bonchev–Trinajstić information content (AvgIpc) is 2.48. The van der Waals surface area contributed by atoms with Gasteiger partial charge in [-0.15, -0.1) is 0 Å². The monoisotopic (exact) mass is 244 g/mol. The largest absolute Gasteiger partial charge is 0.300 e. The van der Waals surface area contributed by atoms with Gasteiger partial charge in [-0.25, -0.2) is 0 Å². The maximum absolute atomic E-state index is 11.7. The maximum Gasteiger partial charge on any atom is 0.133 e. The van der Waals surface area contributed by atoms with E-state index in [1.807, 2.05) is 0 Å². The van der Waals surface area contributed by atoms with E-state index in [0.717, 1.165) is 25.7 Å². The van der Waals surface area contributed by atoms with Gasteiger partial charge in [-0.3, -0.25) is 4.79 Å². The van der Waals surface area contributed by atoms with Gasteiger partial charge in [-0.2, -0.15) is 0 Å². The molecule has 2 rings (SSSR count). The number of Topliss-reactive ketones (excluding diaryl/α,β-unsaturated/α-hetero) is 1. The molecule has 0 spiro atoms. The van der Waals surface area contributed by atoms with Crippen molar-refractivity contribution in [3.63, 3.8) is 0 Å². The summed E-state index contributed by atoms with van der Waals surface area (Å²) < 4.78 is 0. The molecule has 98 valence electrons. The summed E-state index contributed by atoms with van der Waals surface area (Å²) in [5, 5.41) is 0. The van der Waals surface area contributed by atoms with Crippen LogP contribution in [0.2, 0.25) is 0 Å². The molecule has 1 aromatic rings. The van der Waals surface area contributed by atoms with Crippen molar-refractivity contribution in [3.05, 3.63) is 34.4 Å². The van der Waals surface area contributed by atoms with Gasteiger partial charge in [0.05, 0.1) is 0 Å². The molecule has 1 saturated carbocycles. The Labute approximate surface area is 111 Å². The number of hydrogen-bond acceptors (Lipinski definition) is 1. The molecule has 1 unspecified atom stereocenters. The van der Waals surface area contributed by atoms with Gasteiger partial charge in [0.15, 0.2) is 0 Å².